The Balaban J connectivity index is 1.93. The highest BCUT2D eigenvalue weighted by Crippen LogP contribution is 2.38. The van der Waals surface area contributed by atoms with Crippen LogP contribution < -0.4 is 10.1 Å². The number of anilines is 1. The maximum absolute atomic E-state index is 13.6. The lowest BCUT2D eigenvalue weighted by molar-refractivity contribution is -0.138. The van der Waals surface area contributed by atoms with E-state index in [1.165, 1.54) is 19.5 Å². The monoisotopic (exact) mass is 444 g/mol. The summed E-state index contributed by atoms with van der Waals surface area (Å²) in [6.07, 6.45) is -1.78. The summed E-state index contributed by atoms with van der Waals surface area (Å²) >= 11 is 0.755. The van der Waals surface area contributed by atoms with Crippen molar-refractivity contribution in [3.05, 3.63) is 66.0 Å². The molecule has 1 N–H and O–H groups in total. The molecule has 0 aliphatic carbocycles. The first kappa shape index (κ1) is 22.1. The molecule has 2 heterocycles. The molecule has 3 rings (SSSR count). The van der Waals surface area contributed by atoms with E-state index in [1.54, 1.807) is 42.5 Å². The summed E-state index contributed by atoms with van der Waals surface area (Å²) in [4.78, 5) is 20.3. The summed E-state index contributed by atoms with van der Waals surface area (Å²) < 4.78 is 45.9. The van der Waals surface area contributed by atoms with Gasteiger partial charge in [0, 0.05) is 11.8 Å². The highest BCUT2D eigenvalue weighted by atomic mass is 32.2. The number of hydrogen-bond donors (Lipinski definition) is 1. The highest BCUT2D eigenvalue weighted by molar-refractivity contribution is 8.00. The Labute approximate surface area is 180 Å². The van der Waals surface area contributed by atoms with E-state index in [-0.39, 0.29) is 16.5 Å². The fourth-order valence-corrected chi connectivity index (χ4v) is 3.44. The Hall–Kier alpha value is -3.58. The van der Waals surface area contributed by atoms with Crippen molar-refractivity contribution in [2.45, 2.75) is 11.2 Å². The molecule has 158 valence electrons. The van der Waals surface area contributed by atoms with Gasteiger partial charge >= 0.3 is 6.18 Å². The standard InChI is InChI=1S/C21H15F3N4O2S/c1-30-15-6-4-13(5-7-15)18-9-17(21(22,23)24)16(10-25)20(28-18)31-12-19(29)27-14-3-2-8-26-11-14/h2-9,11H,12H2,1H3,(H,27,29). The first-order chi connectivity index (χ1) is 14.8. The zero-order valence-corrected chi connectivity index (χ0v) is 16.9. The van der Waals surface area contributed by atoms with Crippen LogP contribution in [0, 0.1) is 11.3 Å². The van der Waals surface area contributed by atoms with E-state index in [2.05, 4.69) is 15.3 Å². The Kier molecular flexibility index (Phi) is 6.77. The van der Waals surface area contributed by atoms with Crippen LogP contribution in [-0.4, -0.2) is 28.7 Å². The molecule has 6 nitrogen and oxygen atoms in total. The average molecular weight is 444 g/mol. The molecule has 1 amide bonds. The van der Waals surface area contributed by atoms with Gasteiger partial charge in [-0.2, -0.15) is 18.4 Å². The van der Waals surface area contributed by atoms with Crippen molar-refractivity contribution in [2.75, 3.05) is 18.2 Å². The summed E-state index contributed by atoms with van der Waals surface area (Å²) in [6, 6.07) is 12.0. The van der Waals surface area contributed by atoms with Crippen LogP contribution in [0.1, 0.15) is 11.1 Å². The van der Waals surface area contributed by atoms with Gasteiger partial charge in [-0.3, -0.25) is 9.78 Å². The normalized spacial score (nSPS) is 10.9. The molecule has 0 aliphatic heterocycles. The largest absolute Gasteiger partial charge is 0.497 e. The van der Waals surface area contributed by atoms with E-state index in [4.69, 9.17) is 4.74 Å². The first-order valence-corrected chi connectivity index (χ1v) is 9.80. The second kappa shape index (κ2) is 9.49. The third-order valence-electron chi connectivity index (χ3n) is 4.07. The lowest BCUT2D eigenvalue weighted by Crippen LogP contribution is -2.15. The molecular formula is C21H15F3N4O2S. The van der Waals surface area contributed by atoms with Crippen LogP contribution in [0.4, 0.5) is 18.9 Å². The molecule has 0 unspecified atom stereocenters. The minimum Gasteiger partial charge on any atom is -0.497 e. The molecule has 10 heteroatoms. The number of nitrogens with zero attached hydrogens (tertiary/aromatic N) is 3. The van der Waals surface area contributed by atoms with E-state index in [9.17, 15) is 23.2 Å². The molecule has 0 atom stereocenters. The van der Waals surface area contributed by atoms with Gasteiger partial charge in [0.1, 0.15) is 16.8 Å². The molecule has 0 spiro atoms. The number of alkyl halides is 3. The van der Waals surface area contributed by atoms with Crippen LogP contribution in [0.3, 0.4) is 0 Å². The number of methoxy groups -OCH3 is 1. The minimum absolute atomic E-state index is 0.0316. The quantitative estimate of drug-likeness (QED) is 0.551. The molecule has 0 fully saturated rings. The van der Waals surface area contributed by atoms with Crippen LogP contribution >= 0.6 is 11.8 Å². The number of carbonyl (C=O) groups is 1. The molecule has 3 aromatic rings. The van der Waals surface area contributed by atoms with Crippen LogP contribution in [0.5, 0.6) is 5.75 Å². The number of amides is 1. The summed E-state index contributed by atoms with van der Waals surface area (Å²) in [5, 5.41) is 11.8. The van der Waals surface area contributed by atoms with Gasteiger partial charge in [-0.25, -0.2) is 4.98 Å². The zero-order chi connectivity index (χ0) is 22.4. The smallest absolute Gasteiger partial charge is 0.417 e. The van der Waals surface area contributed by atoms with Crippen molar-refractivity contribution in [1.82, 2.24) is 9.97 Å². The van der Waals surface area contributed by atoms with E-state index >= 15 is 0 Å². The Morgan fingerprint density at radius 2 is 2.00 bits per heavy atom. The topological polar surface area (TPSA) is 87.9 Å². The first-order valence-electron chi connectivity index (χ1n) is 8.81. The molecule has 0 radical (unpaired) electrons. The number of ether oxygens (including phenoxy) is 1. The number of benzene rings is 1. The van der Waals surface area contributed by atoms with Crippen LogP contribution in [0.2, 0.25) is 0 Å². The van der Waals surface area contributed by atoms with Gasteiger partial charge < -0.3 is 10.1 Å². The second-order valence-corrected chi connectivity index (χ2v) is 7.12. The van der Waals surface area contributed by atoms with E-state index < -0.39 is 23.2 Å². The SMILES string of the molecule is COc1ccc(-c2cc(C(F)(F)F)c(C#N)c(SCC(=O)Nc3cccnc3)n2)cc1. The molecule has 0 saturated carbocycles. The maximum atomic E-state index is 13.6. The number of pyridine rings is 2. The number of aromatic nitrogens is 2. The number of nitriles is 1. The minimum atomic E-state index is -4.76. The third kappa shape index (κ3) is 5.52. The predicted octanol–water partition coefficient (Wildman–Crippen LogP) is 4.77. The predicted molar refractivity (Wildman–Crippen MR) is 110 cm³/mol. The van der Waals surface area contributed by atoms with Gasteiger partial charge in [-0.15, -0.1) is 0 Å². The Morgan fingerprint density at radius 1 is 1.26 bits per heavy atom. The van der Waals surface area contributed by atoms with Gasteiger partial charge in [0.05, 0.1) is 41.6 Å². The van der Waals surface area contributed by atoms with Gasteiger partial charge in [0.15, 0.2) is 0 Å². The summed E-state index contributed by atoms with van der Waals surface area (Å²) in [5.41, 5.74) is -0.832. The maximum Gasteiger partial charge on any atom is 0.417 e. The number of carbonyl (C=O) groups excluding carboxylic acids is 1. The fourth-order valence-electron chi connectivity index (χ4n) is 2.64. The van der Waals surface area contributed by atoms with Crippen molar-refractivity contribution < 1.29 is 22.7 Å². The molecule has 0 aliphatic rings. The average Bonchev–Trinajstić information content (AvgIpc) is 2.77. The van der Waals surface area contributed by atoms with E-state index in [1.807, 2.05) is 0 Å². The zero-order valence-electron chi connectivity index (χ0n) is 16.1. The molecule has 0 saturated heterocycles. The van der Waals surface area contributed by atoms with Crippen molar-refractivity contribution in [2.24, 2.45) is 0 Å². The van der Waals surface area contributed by atoms with Gasteiger partial charge in [-0.1, -0.05) is 11.8 Å². The van der Waals surface area contributed by atoms with Crippen LogP contribution in [0.15, 0.2) is 59.9 Å². The number of halogens is 3. The molecule has 2 aromatic heterocycles. The van der Waals surface area contributed by atoms with Crippen molar-refractivity contribution in [1.29, 1.82) is 5.26 Å². The molecular weight excluding hydrogens is 429 g/mol. The summed E-state index contributed by atoms with van der Waals surface area (Å²) in [7, 11) is 1.47. The van der Waals surface area contributed by atoms with Crippen molar-refractivity contribution in [3.63, 3.8) is 0 Å². The van der Waals surface area contributed by atoms with Crippen LogP contribution in [0.25, 0.3) is 11.3 Å². The number of nitrogens with one attached hydrogen (secondary N) is 1. The summed E-state index contributed by atoms with van der Waals surface area (Å²) in [6.45, 7) is 0. The van der Waals surface area contributed by atoms with E-state index in [0.29, 0.717) is 17.0 Å². The third-order valence-corrected chi connectivity index (χ3v) is 5.05. The van der Waals surface area contributed by atoms with Gasteiger partial charge in [0.25, 0.3) is 0 Å². The van der Waals surface area contributed by atoms with Crippen LogP contribution in [-0.2, 0) is 11.0 Å². The highest BCUT2D eigenvalue weighted by Gasteiger charge is 2.36. The van der Waals surface area contributed by atoms with Crippen molar-refractivity contribution in [3.8, 4) is 23.1 Å². The Morgan fingerprint density at radius 3 is 2.58 bits per heavy atom. The van der Waals surface area contributed by atoms with Crippen molar-refractivity contribution >= 4 is 23.4 Å². The lowest BCUT2D eigenvalue weighted by atomic mass is 10.1. The number of thioether (sulfide) groups is 1. The lowest BCUT2D eigenvalue weighted by Gasteiger charge is -2.14. The molecule has 31 heavy (non-hydrogen) atoms. The van der Waals surface area contributed by atoms with Gasteiger partial charge in [0.2, 0.25) is 5.91 Å². The number of hydrogen-bond acceptors (Lipinski definition) is 6. The van der Waals surface area contributed by atoms with Gasteiger partial charge in [-0.05, 0) is 42.5 Å². The molecule has 1 aromatic carbocycles. The fraction of sp³-hybridized carbons (Fsp3) is 0.143. The second-order valence-electron chi connectivity index (χ2n) is 6.15. The summed E-state index contributed by atoms with van der Waals surface area (Å²) in [5.74, 6) is -0.165. The van der Waals surface area contributed by atoms with E-state index in [0.717, 1.165) is 17.8 Å². The molecule has 0 bridgehead atoms. The Bertz CT molecular complexity index is 1110. The number of rotatable bonds is 6.